The molecule has 0 saturated carbocycles. The predicted octanol–water partition coefficient (Wildman–Crippen LogP) is 1.81. The average molecular weight is 379 g/mol. The molecule has 5 N–H and O–H groups in total. The Morgan fingerprint density at radius 2 is 2.04 bits per heavy atom. The Morgan fingerprint density at radius 1 is 1.30 bits per heavy atom. The van der Waals surface area contributed by atoms with Gasteiger partial charge in [-0.2, -0.15) is 4.99 Å². The second kappa shape index (κ2) is 9.82. The number of methoxy groups -OCH3 is 1. The van der Waals surface area contributed by atoms with Crippen molar-refractivity contribution in [3.8, 4) is 11.4 Å². The van der Waals surface area contributed by atoms with E-state index in [1.165, 1.54) is 18.4 Å². The number of aliphatic imine (C=N–C) groups is 1. The highest BCUT2D eigenvalue weighted by molar-refractivity contribution is 7.13. The number of nitrogens with one attached hydrogen (secondary N) is 1. The minimum atomic E-state index is -0.508. The molecule has 2 rings (SSSR count). The zero-order valence-corrected chi connectivity index (χ0v) is 14.5. The van der Waals surface area contributed by atoms with E-state index in [1.807, 2.05) is 17.5 Å². The van der Waals surface area contributed by atoms with Crippen molar-refractivity contribution >= 4 is 53.3 Å². The number of pyridine rings is 1. The molecule has 0 saturated heterocycles. The van der Waals surface area contributed by atoms with Crippen molar-refractivity contribution in [2.24, 2.45) is 16.5 Å². The molecule has 2 aromatic heterocycles. The summed E-state index contributed by atoms with van der Waals surface area (Å²) < 4.78 is 4.50. The fourth-order valence-corrected chi connectivity index (χ4v) is 2.20. The summed E-state index contributed by atoms with van der Waals surface area (Å²) >= 11 is 1.31. The number of guanidine groups is 1. The van der Waals surface area contributed by atoms with E-state index in [-0.39, 0.29) is 37.3 Å². The van der Waals surface area contributed by atoms with Crippen LogP contribution in [0.4, 0.5) is 9.93 Å². The summed E-state index contributed by atoms with van der Waals surface area (Å²) in [4.78, 5) is 23.6. The van der Waals surface area contributed by atoms with Crippen LogP contribution in [0.1, 0.15) is 5.69 Å². The number of carbonyl (C=O) groups excluding carboxylic acids is 1. The van der Waals surface area contributed by atoms with Crippen LogP contribution >= 0.6 is 36.2 Å². The van der Waals surface area contributed by atoms with Crippen LogP contribution in [0.15, 0.2) is 28.6 Å². The van der Waals surface area contributed by atoms with Gasteiger partial charge in [-0.05, 0) is 12.1 Å². The number of carbonyl (C=O) groups is 1. The van der Waals surface area contributed by atoms with Gasteiger partial charge in [-0.15, -0.1) is 36.2 Å². The van der Waals surface area contributed by atoms with Crippen LogP contribution < -0.4 is 16.8 Å². The van der Waals surface area contributed by atoms with Gasteiger partial charge in [0.25, 0.3) is 0 Å². The highest BCUT2D eigenvalue weighted by atomic mass is 35.5. The fraction of sp³-hybridized carbons (Fsp3) is 0.167. The van der Waals surface area contributed by atoms with E-state index in [0.717, 1.165) is 0 Å². The first kappa shape index (κ1) is 20.9. The van der Waals surface area contributed by atoms with Gasteiger partial charge in [0, 0.05) is 5.38 Å². The van der Waals surface area contributed by atoms with E-state index in [1.54, 1.807) is 6.07 Å². The second-order valence-corrected chi connectivity index (χ2v) is 4.75. The summed E-state index contributed by atoms with van der Waals surface area (Å²) in [6.45, 7) is 0.269. The van der Waals surface area contributed by atoms with Crippen LogP contribution in [0.3, 0.4) is 0 Å². The lowest BCUT2D eigenvalue weighted by molar-refractivity contribution is 0.170. The molecular weight excluding hydrogens is 363 g/mol. The van der Waals surface area contributed by atoms with Gasteiger partial charge in [0.15, 0.2) is 5.96 Å². The van der Waals surface area contributed by atoms with E-state index >= 15 is 0 Å². The van der Waals surface area contributed by atoms with Crippen LogP contribution in [0.25, 0.3) is 11.4 Å². The molecule has 0 atom stereocenters. The number of thiazole rings is 1. The number of nitrogens with zero attached hydrogens (tertiary/aromatic N) is 3. The van der Waals surface area contributed by atoms with Crippen LogP contribution in [-0.4, -0.2) is 29.1 Å². The summed E-state index contributed by atoms with van der Waals surface area (Å²) in [5.41, 5.74) is 12.6. The minimum Gasteiger partial charge on any atom is -0.453 e. The van der Waals surface area contributed by atoms with Crippen LogP contribution in [0.2, 0.25) is 0 Å². The van der Waals surface area contributed by atoms with Gasteiger partial charge in [0.2, 0.25) is 5.13 Å². The van der Waals surface area contributed by atoms with Crippen molar-refractivity contribution in [3.63, 3.8) is 0 Å². The molecule has 8 nitrogen and oxygen atoms in total. The number of amides is 1. The lowest BCUT2D eigenvalue weighted by Gasteiger charge is -2.04. The lowest BCUT2D eigenvalue weighted by Crippen LogP contribution is -2.22. The molecule has 1 amide bonds. The smallest absolute Gasteiger partial charge is 0.407 e. The number of aromatic nitrogens is 2. The molecule has 0 aliphatic heterocycles. The maximum atomic E-state index is 11.0. The molecular formula is C12H16Cl2N6O2S. The van der Waals surface area contributed by atoms with E-state index < -0.39 is 6.09 Å². The first-order valence-corrected chi connectivity index (χ1v) is 6.79. The molecule has 126 valence electrons. The van der Waals surface area contributed by atoms with Crippen LogP contribution in [0, 0.1) is 0 Å². The first-order chi connectivity index (χ1) is 10.1. The first-order valence-electron chi connectivity index (χ1n) is 5.92. The van der Waals surface area contributed by atoms with Crippen molar-refractivity contribution in [1.29, 1.82) is 0 Å². The number of hydrogen-bond donors (Lipinski definition) is 3. The average Bonchev–Trinajstić information content (AvgIpc) is 2.92. The molecule has 0 bridgehead atoms. The van der Waals surface area contributed by atoms with Gasteiger partial charge in [0.1, 0.15) is 5.69 Å². The Morgan fingerprint density at radius 3 is 2.70 bits per heavy atom. The molecule has 0 unspecified atom stereocenters. The monoisotopic (exact) mass is 378 g/mol. The van der Waals surface area contributed by atoms with Gasteiger partial charge in [0.05, 0.1) is 25.0 Å². The molecule has 0 aliphatic rings. The number of nitrogens with two attached hydrogens (primary N) is 2. The standard InChI is InChI=1S/C12H14N6O2S.2ClH/c1-20-12(19)15-5-7-3-2-4-8(16-7)9-6-21-11(17-9)18-10(13)14;;/h2-4,6H,5H2,1H3,(H,15,19)(H4,13,14,17,18);2*1H. The van der Waals surface area contributed by atoms with Crippen molar-refractivity contribution in [3.05, 3.63) is 29.3 Å². The number of hydrogen-bond acceptors (Lipinski definition) is 6. The van der Waals surface area contributed by atoms with Crippen molar-refractivity contribution in [1.82, 2.24) is 15.3 Å². The van der Waals surface area contributed by atoms with E-state index in [2.05, 4.69) is 25.0 Å². The largest absolute Gasteiger partial charge is 0.453 e. The Labute approximate surface area is 149 Å². The Kier molecular flexibility index (Phi) is 8.93. The molecule has 2 heterocycles. The van der Waals surface area contributed by atoms with Gasteiger partial charge < -0.3 is 21.5 Å². The zero-order valence-electron chi connectivity index (χ0n) is 12.1. The van der Waals surface area contributed by atoms with E-state index in [4.69, 9.17) is 11.5 Å². The highest BCUT2D eigenvalue weighted by Gasteiger charge is 2.07. The molecule has 0 radical (unpaired) electrons. The second-order valence-electron chi connectivity index (χ2n) is 3.91. The molecule has 11 heteroatoms. The summed E-state index contributed by atoms with van der Waals surface area (Å²) in [7, 11) is 1.31. The molecule has 2 aromatic rings. The quantitative estimate of drug-likeness (QED) is 0.549. The van der Waals surface area contributed by atoms with E-state index in [9.17, 15) is 4.79 Å². The van der Waals surface area contributed by atoms with Gasteiger partial charge >= 0.3 is 6.09 Å². The van der Waals surface area contributed by atoms with Crippen molar-refractivity contribution in [2.45, 2.75) is 6.54 Å². The summed E-state index contributed by atoms with van der Waals surface area (Å²) in [5, 5.41) is 4.83. The Hall–Kier alpha value is -2.10. The van der Waals surface area contributed by atoms with E-state index in [0.29, 0.717) is 22.2 Å². The third kappa shape index (κ3) is 6.27. The Bertz CT molecular complexity index is 675. The van der Waals surface area contributed by atoms with Gasteiger partial charge in [-0.3, -0.25) is 0 Å². The third-order valence-electron chi connectivity index (χ3n) is 2.39. The molecule has 0 aromatic carbocycles. The normalized spacial score (nSPS) is 9.09. The third-order valence-corrected chi connectivity index (χ3v) is 3.12. The zero-order chi connectivity index (χ0) is 15.2. The van der Waals surface area contributed by atoms with Crippen molar-refractivity contribution in [2.75, 3.05) is 7.11 Å². The predicted molar refractivity (Wildman–Crippen MR) is 94.6 cm³/mol. The molecule has 0 aliphatic carbocycles. The topological polar surface area (TPSA) is 129 Å². The fourth-order valence-electron chi connectivity index (χ4n) is 1.50. The van der Waals surface area contributed by atoms with Crippen LogP contribution in [0.5, 0.6) is 0 Å². The SMILES string of the molecule is COC(=O)NCc1cccc(-c2csc(N=C(N)N)n2)n1.Cl.Cl. The number of ether oxygens (including phenoxy) is 1. The maximum Gasteiger partial charge on any atom is 0.407 e. The summed E-state index contributed by atoms with van der Waals surface area (Å²) in [5.74, 6) is -0.0418. The maximum absolute atomic E-state index is 11.0. The molecule has 0 spiro atoms. The number of alkyl carbamates (subject to hydrolysis) is 1. The minimum absolute atomic E-state index is 0. The van der Waals surface area contributed by atoms with Crippen molar-refractivity contribution < 1.29 is 9.53 Å². The lowest BCUT2D eigenvalue weighted by atomic mass is 10.2. The van der Waals surface area contributed by atoms with Gasteiger partial charge in [-0.25, -0.2) is 14.8 Å². The molecule has 0 fully saturated rings. The van der Waals surface area contributed by atoms with Gasteiger partial charge in [-0.1, -0.05) is 6.07 Å². The van der Waals surface area contributed by atoms with Crippen LogP contribution in [-0.2, 0) is 11.3 Å². The Balaban J connectivity index is 0.00000242. The molecule has 23 heavy (non-hydrogen) atoms. The summed E-state index contributed by atoms with van der Waals surface area (Å²) in [6, 6.07) is 5.44. The highest BCUT2D eigenvalue weighted by Crippen LogP contribution is 2.25. The summed E-state index contributed by atoms with van der Waals surface area (Å²) in [6.07, 6.45) is -0.508. The number of rotatable bonds is 4. The number of halogens is 2.